The molecule has 0 bridgehead atoms. The summed E-state index contributed by atoms with van der Waals surface area (Å²) in [6.07, 6.45) is 2.37. The number of aromatic nitrogens is 1. The van der Waals surface area contributed by atoms with Crippen LogP contribution in [0.1, 0.15) is 0 Å². The van der Waals surface area contributed by atoms with Gasteiger partial charge in [0.15, 0.2) is 6.61 Å². The van der Waals surface area contributed by atoms with Crippen molar-refractivity contribution in [2.45, 2.75) is 0 Å². The maximum absolute atomic E-state index is 13.0. The predicted octanol–water partition coefficient (Wildman–Crippen LogP) is 1.32. The van der Waals surface area contributed by atoms with E-state index in [-0.39, 0.29) is 24.2 Å². The Hall–Kier alpha value is -2.88. The summed E-state index contributed by atoms with van der Waals surface area (Å²) in [5, 5.41) is 0. The number of carbonyl (C=O) groups is 1. The van der Waals surface area contributed by atoms with Crippen LogP contribution in [0.25, 0.3) is 0 Å². The molecule has 3 rings (SSSR count). The molecule has 1 aliphatic rings. The molecule has 10 heteroatoms. The van der Waals surface area contributed by atoms with E-state index in [0.29, 0.717) is 31.9 Å². The predicted molar refractivity (Wildman–Crippen MR) is 103 cm³/mol. The molecule has 8 nitrogen and oxygen atoms in total. The molecule has 1 aromatic carbocycles. The van der Waals surface area contributed by atoms with Crippen molar-refractivity contribution in [3.63, 3.8) is 0 Å². The van der Waals surface area contributed by atoms with Gasteiger partial charge in [-0.25, -0.2) is 17.8 Å². The third kappa shape index (κ3) is 5.56. The molecule has 1 saturated heterocycles. The Kier molecular flexibility index (Phi) is 5.98. The zero-order valence-corrected chi connectivity index (χ0v) is 16.2. The van der Waals surface area contributed by atoms with Gasteiger partial charge in [0.25, 0.3) is 5.91 Å². The normalized spacial score (nSPS) is 14.6. The van der Waals surface area contributed by atoms with Crippen LogP contribution in [0.2, 0.25) is 0 Å². The number of anilines is 2. The highest BCUT2D eigenvalue weighted by Gasteiger charge is 2.21. The number of nitrogens with zero attached hydrogens (tertiary/aromatic N) is 3. The van der Waals surface area contributed by atoms with Crippen LogP contribution in [0, 0.1) is 5.82 Å². The van der Waals surface area contributed by atoms with Gasteiger partial charge < -0.3 is 14.5 Å². The summed E-state index contributed by atoms with van der Waals surface area (Å²) in [6, 6.07) is 9.30. The molecule has 0 atom stereocenters. The van der Waals surface area contributed by atoms with Gasteiger partial charge in [0.05, 0.1) is 18.1 Å². The summed E-state index contributed by atoms with van der Waals surface area (Å²) >= 11 is 0. The fourth-order valence-electron chi connectivity index (χ4n) is 2.83. The zero-order valence-electron chi connectivity index (χ0n) is 15.3. The van der Waals surface area contributed by atoms with Crippen molar-refractivity contribution >= 4 is 27.3 Å². The van der Waals surface area contributed by atoms with E-state index in [1.807, 2.05) is 0 Å². The second-order valence-electron chi connectivity index (χ2n) is 6.39. The second-order valence-corrected chi connectivity index (χ2v) is 8.14. The van der Waals surface area contributed by atoms with Gasteiger partial charge in [0.2, 0.25) is 15.9 Å². The Bertz CT molecular complexity index is 912. The molecule has 0 unspecified atom stereocenters. The van der Waals surface area contributed by atoms with Crippen LogP contribution < -0.4 is 14.4 Å². The van der Waals surface area contributed by atoms with Crippen molar-refractivity contribution in [3.05, 3.63) is 48.4 Å². The number of ether oxygens (including phenoxy) is 1. The number of halogens is 1. The lowest BCUT2D eigenvalue weighted by Crippen LogP contribution is -2.50. The maximum atomic E-state index is 13.0. The highest BCUT2D eigenvalue weighted by molar-refractivity contribution is 7.92. The molecule has 0 saturated carbocycles. The molecular formula is C18H21FN4O4S. The first-order valence-corrected chi connectivity index (χ1v) is 10.5. The first-order valence-electron chi connectivity index (χ1n) is 8.65. The first kappa shape index (κ1) is 19.9. The Labute approximate surface area is 163 Å². The van der Waals surface area contributed by atoms with E-state index >= 15 is 0 Å². The van der Waals surface area contributed by atoms with E-state index in [2.05, 4.69) is 14.6 Å². The number of sulfonamides is 1. The zero-order chi connectivity index (χ0) is 20.1. The van der Waals surface area contributed by atoms with E-state index in [4.69, 9.17) is 4.74 Å². The van der Waals surface area contributed by atoms with E-state index in [0.717, 1.165) is 11.9 Å². The number of hydrogen-bond acceptors (Lipinski definition) is 6. The molecule has 2 heterocycles. The van der Waals surface area contributed by atoms with Crippen LogP contribution in [-0.4, -0.2) is 63.3 Å². The summed E-state index contributed by atoms with van der Waals surface area (Å²) in [5.41, 5.74) is 1.25. The summed E-state index contributed by atoms with van der Waals surface area (Å²) in [6.45, 7) is 2.25. The van der Waals surface area contributed by atoms with Crippen molar-refractivity contribution in [2.75, 3.05) is 48.7 Å². The summed E-state index contributed by atoms with van der Waals surface area (Å²) in [5.74, 6) is -0.195. The molecule has 0 spiro atoms. The van der Waals surface area contributed by atoms with Crippen molar-refractivity contribution in [1.82, 2.24) is 9.88 Å². The molecule has 28 heavy (non-hydrogen) atoms. The van der Waals surface area contributed by atoms with Crippen LogP contribution in [0.15, 0.2) is 42.6 Å². The van der Waals surface area contributed by atoms with Crippen LogP contribution in [0.4, 0.5) is 15.8 Å². The molecule has 150 valence electrons. The Balaban J connectivity index is 1.46. The minimum atomic E-state index is -3.37. The molecule has 1 aromatic heterocycles. The molecule has 2 aromatic rings. The number of rotatable bonds is 6. The Morgan fingerprint density at radius 3 is 2.39 bits per heavy atom. The molecular weight excluding hydrogens is 387 g/mol. The van der Waals surface area contributed by atoms with Crippen LogP contribution in [0.5, 0.6) is 5.88 Å². The highest BCUT2D eigenvalue weighted by atomic mass is 32.2. The van der Waals surface area contributed by atoms with Gasteiger partial charge in [-0.15, -0.1) is 0 Å². The van der Waals surface area contributed by atoms with E-state index < -0.39 is 10.0 Å². The third-order valence-electron chi connectivity index (χ3n) is 4.21. The smallest absolute Gasteiger partial charge is 0.260 e. The molecule has 0 aliphatic carbocycles. The van der Waals surface area contributed by atoms with Gasteiger partial charge in [-0.05, 0) is 30.3 Å². The minimum Gasteiger partial charge on any atom is -0.468 e. The van der Waals surface area contributed by atoms with Crippen molar-refractivity contribution in [1.29, 1.82) is 0 Å². The maximum Gasteiger partial charge on any atom is 0.260 e. The second kappa shape index (κ2) is 8.42. The van der Waals surface area contributed by atoms with E-state index in [1.54, 1.807) is 17.0 Å². The number of piperazine rings is 1. The fraction of sp³-hybridized carbons (Fsp3) is 0.333. The highest BCUT2D eigenvalue weighted by Crippen LogP contribution is 2.17. The monoisotopic (exact) mass is 408 g/mol. The largest absolute Gasteiger partial charge is 0.468 e. The third-order valence-corrected chi connectivity index (χ3v) is 4.81. The van der Waals surface area contributed by atoms with Gasteiger partial charge in [0, 0.05) is 37.9 Å². The Morgan fingerprint density at radius 1 is 1.14 bits per heavy atom. The summed E-state index contributed by atoms with van der Waals surface area (Å²) < 4.78 is 43.0. The summed E-state index contributed by atoms with van der Waals surface area (Å²) in [7, 11) is -3.37. The van der Waals surface area contributed by atoms with Crippen molar-refractivity contribution in [3.8, 4) is 5.88 Å². The number of amides is 1. The fourth-order valence-corrected chi connectivity index (χ4v) is 3.38. The lowest BCUT2D eigenvalue weighted by molar-refractivity contribution is -0.133. The van der Waals surface area contributed by atoms with E-state index in [9.17, 15) is 17.6 Å². The van der Waals surface area contributed by atoms with Gasteiger partial charge in [-0.3, -0.25) is 9.52 Å². The van der Waals surface area contributed by atoms with Crippen LogP contribution in [0.3, 0.4) is 0 Å². The quantitative estimate of drug-likeness (QED) is 0.775. The van der Waals surface area contributed by atoms with E-state index in [1.165, 1.54) is 30.5 Å². The topological polar surface area (TPSA) is 91.8 Å². The van der Waals surface area contributed by atoms with Gasteiger partial charge in [-0.1, -0.05) is 0 Å². The van der Waals surface area contributed by atoms with Gasteiger partial charge >= 0.3 is 0 Å². The average molecular weight is 408 g/mol. The Morgan fingerprint density at radius 2 is 1.82 bits per heavy atom. The number of pyridine rings is 1. The van der Waals surface area contributed by atoms with Crippen LogP contribution >= 0.6 is 0 Å². The molecule has 1 amide bonds. The first-order chi connectivity index (χ1) is 13.3. The van der Waals surface area contributed by atoms with Crippen molar-refractivity contribution < 1.29 is 22.3 Å². The lowest BCUT2D eigenvalue weighted by atomic mass is 10.2. The van der Waals surface area contributed by atoms with Gasteiger partial charge in [0.1, 0.15) is 5.82 Å². The number of carbonyl (C=O) groups excluding carboxylic acids is 1. The molecule has 1 aliphatic heterocycles. The summed E-state index contributed by atoms with van der Waals surface area (Å²) in [4.78, 5) is 20.1. The number of hydrogen-bond donors (Lipinski definition) is 1. The molecule has 1 N–H and O–H groups in total. The number of benzene rings is 1. The minimum absolute atomic E-state index is 0.150. The molecule has 1 fully saturated rings. The average Bonchev–Trinajstić information content (AvgIpc) is 2.67. The van der Waals surface area contributed by atoms with Crippen LogP contribution in [-0.2, 0) is 14.8 Å². The number of nitrogens with one attached hydrogen (secondary N) is 1. The van der Waals surface area contributed by atoms with Crippen molar-refractivity contribution in [2.24, 2.45) is 0 Å². The standard InChI is InChI=1S/C18H21FN4O4S/c1-28(25,26)21-15-4-7-17(20-12-15)27-13-18(24)23-10-8-22(9-11-23)16-5-2-14(19)3-6-16/h2-7,12,21H,8-11,13H2,1H3. The lowest BCUT2D eigenvalue weighted by Gasteiger charge is -2.36. The molecule has 0 radical (unpaired) electrons. The van der Waals surface area contributed by atoms with Gasteiger partial charge in [-0.2, -0.15) is 0 Å². The SMILES string of the molecule is CS(=O)(=O)Nc1ccc(OCC(=O)N2CCN(c3ccc(F)cc3)CC2)nc1.